The average Bonchev–Trinajstić information content (AvgIpc) is 3.85. The van der Waals surface area contributed by atoms with E-state index in [4.69, 9.17) is 14.7 Å². The molecule has 13 rings (SSSR count). The highest BCUT2D eigenvalue weighted by Crippen LogP contribution is 2.63. The molecule has 0 unspecified atom stereocenters. The normalized spacial score (nSPS) is 13.2. The van der Waals surface area contributed by atoms with Crippen LogP contribution >= 0.6 is 11.3 Å². The Labute approximate surface area is 356 Å². The van der Waals surface area contributed by atoms with Crippen molar-refractivity contribution in [3.8, 4) is 67.5 Å². The van der Waals surface area contributed by atoms with Crippen LogP contribution in [0.25, 0.3) is 87.1 Å². The van der Waals surface area contributed by atoms with Crippen LogP contribution in [0.3, 0.4) is 0 Å². The Hall–Kier alpha value is -7.66. The van der Waals surface area contributed by atoms with Gasteiger partial charge in [-0.15, -0.1) is 11.3 Å². The molecule has 3 heterocycles. The summed E-state index contributed by atoms with van der Waals surface area (Å²) in [6.07, 6.45) is 0. The Morgan fingerprint density at radius 1 is 0.410 bits per heavy atom. The second-order valence-corrected chi connectivity index (χ2v) is 17.0. The maximum atomic E-state index is 6.68. The van der Waals surface area contributed by atoms with E-state index in [1.54, 1.807) is 11.3 Å². The third-order valence-corrected chi connectivity index (χ3v) is 13.9. The molecule has 11 aromatic rings. The fourth-order valence-electron chi connectivity index (χ4n) is 10.1. The van der Waals surface area contributed by atoms with E-state index in [1.807, 2.05) is 0 Å². The van der Waals surface area contributed by atoms with Gasteiger partial charge in [0.05, 0.1) is 21.3 Å². The second kappa shape index (κ2) is 13.2. The van der Waals surface area contributed by atoms with E-state index >= 15 is 0 Å². The molecule has 0 saturated heterocycles. The maximum Gasteiger partial charge on any atom is 0.161 e. The summed E-state index contributed by atoms with van der Waals surface area (Å²) in [6, 6.07) is 74.2. The first-order chi connectivity index (χ1) is 30.2. The topological polar surface area (TPSA) is 35.0 Å². The van der Waals surface area contributed by atoms with Crippen molar-refractivity contribution < 1.29 is 4.74 Å². The molecule has 1 spiro atoms. The fraction of sp³-hybridized carbons (Fsp3) is 0.0175. The number of benzene rings is 9. The number of thiophene rings is 1. The van der Waals surface area contributed by atoms with Gasteiger partial charge in [0.1, 0.15) is 11.5 Å². The van der Waals surface area contributed by atoms with Gasteiger partial charge in [0.2, 0.25) is 0 Å². The lowest BCUT2D eigenvalue weighted by Crippen LogP contribution is -2.32. The molecule has 0 saturated carbocycles. The third kappa shape index (κ3) is 4.97. The molecule has 0 bridgehead atoms. The van der Waals surface area contributed by atoms with E-state index in [9.17, 15) is 0 Å². The number of fused-ring (bicyclic) bond motifs is 14. The lowest BCUT2D eigenvalue weighted by atomic mass is 9.66. The van der Waals surface area contributed by atoms with Gasteiger partial charge in [0.25, 0.3) is 0 Å². The van der Waals surface area contributed by atoms with Crippen LogP contribution in [0.1, 0.15) is 22.3 Å². The van der Waals surface area contributed by atoms with Crippen molar-refractivity contribution in [2.24, 2.45) is 0 Å². The largest absolute Gasteiger partial charge is 0.457 e. The molecule has 0 amide bonds. The van der Waals surface area contributed by atoms with E-state index < -0.39 is 5.41 Å². The molecule has 284 valence electrons. The number of nitrogens with zero attached hydrogens (tertiary/aromatic N) is 2. The Morgan fingerprint density at radius 3 is 1.90 bits per heavy atom. The Morgan fingerprint density at radius 2 is 1.07 bits per heavy atom. The zero-order valence-electron chi connectivity index (χ0n) is 32.8. The lowest BCUT2D eigenvalue weighted by Gasteiger charge is -2.39. The first kappa shape index (κ1) is 34.2. The molecule has 3 nitrogen and oxygen atoms in total. The summed E-state index contributed by atoms with van der Waals surface area (Å²) in [7, 11) is 0. The van der Waals surface area contributed by atoms with Crippen LogP contribution in [0.5, 0.6) is 11.5 Å². The van der Waals surface area contributed by atoms with E-state index in [2.05, 4.69) is 206 Å². The highest BCUT2D eigenvalue weighted by Gasteiger charge is 2.51. The quantitative estimate of drug-likeness (QED) is 0.178. The van der Waals surface area contributed by atoms with Crippen LogP contribution in [0.4, 0.5) is 0 Å². The number of para-hydroxylation sites is 2. The van der Waals surface area contributed by atoms with Gasteiger partial charge in [-0.2, -0.15) is 0 Å². The number of hydrogen-bond donors (Lipinski definition) is 0. The summed E-state index contributed by atoms with van der Waals surface area (Å²) in [5.74, 6) is 2.50. The van der Waals surface area contributed by atoms with Crippen molar-refractivity contribution in [2.45, 2.75) is 5.41 Å². The molecule has 0 fully saturated rings. The molecule has 2 aliphatic rings. The van der Waals surface area contributed by atoms with Crippen molar-refractivity contribution in [1.29, 1.82) is 0 Å². The minimum Gasteiger partial charge on any atom is -0.457 e. The van der Waals surface area contributed by atoms with Gasteiger partial charge in [-0.3, -0.25) is 0 Å². The van der Waals surface area contributed by atoms with Crippen molar-refractivity contribution in [3.63, 3.8) is 0 Å². The number of rotatable bonds is 4. The van der Waals surface area contributed by atoms with Crippen molar-refractivity contribution in [3.05, 3.63) is 229 Å². The van der Waals surface area contributed by atoms with Gasteiger partial charge in [0.15, 0.2) is 5.82 Å². The minimum absolute atomic E-state index is 0.579. The maximum absolute atomic E-state index is 6.68. The van der Waals surface area contributed by atoms with Crippen LogP contribution in [0.2, 0.25) is 0 Å². The van der Waals surface area contributed by atoms with Crippen LogP contribution in [-0.2, 0) is 5.41 Å². The van der Waals surface area contributed by atoms with Gasteiger partial charge < -0.3 is 4.74 Å². The molecule has 1 aliphatic heterocycles. The molecule has 1 aliphatic carbocycles. The Bertz CT molecular complexity index is 3540. The number of hydrogen-bond acceptors (Lipinski definition) is 4. The average molecular weight is 795 g/mol. The van der Waals surface area contributed by atoms with Gasteiger partial charge in [-0.05, 0) is 85.6 Å². The SMILES string of the molecule is c1ccc(-c2ccccc2-c2nc(-c3cccc(-c4ccc5c(c4)C4(c6ccccc6Oc6ccccc64)c4ccc6ccccc6c4-5)c3)c3sc4ccccc4c3n2)cc1. The molecule has 0 N–H and O–H groups in total. The molecule has 2 aromatic heterocycles. The summed E-state index contributed by atoms with van der Waals surface area (Å²) in [5.41, 5.74) is 15.3. The Balaban J connectivity index is 1.04. The molecule has 9 aromatic carbocycles. The molecule has 4 heteroatoms. The number of aromatic nitrogens is 2. The summed E-state index contributed by atoms with van der Waals surface area (Å²) in [4.78, 5) is 10.8. The summed E-state index contributed by atoms with van der Waals surface area (Å²) in [6.45, 7) is 0. The molecule has 0 radical (unpaired) electrons. The van der Waals surface area contributed by atoms with Gasteiger partial charge in [0, 0.05) is 32.3 Å². The van der Waals surface area contributed by atoms with Crippen molar-refractivity contribution >= 4 is 42.4 Å². The monoisotopic (exact) mass is 794 g/mol. The highest BCUT2D eigenvalue weighted by atomic mass is 32.1. The van der Waals surface area contributed by atoms with Crippen LogP contribution in [0, 0.1) is 0 Å². The van der Waals surface area contributed by atoms with E-state index in [1.165, 1.54) is 37.7 Å². The smallest absolute Gasteiger partial charge is 0.161 e. The zero-order valence-corrected chi connectivity index (χ0v) is 33.7. The fourth-order valence-corrected chi connectivity index (χ4v) is 11.3. The molecule has 61 heavy (non-hydrogen) atoms. The molecular weight excluding hydrogens is 761 g/mol. The summed E-state index contributed by atoms with van der Waals surface area (Å²) >= 11 is 1.76. The molecule has 0 atom stereocenters. The number of ether oxygens (including phenoxy) is 1. The first-order valence-electron chi connectivity index (χ1n) is 20.7. The summed E-state index contributed by atoms with van der Waals surface area (Å²) < 4.78 is 8.97. The van der Waals surface area contributed by atoms with Crippen molar-refractivity contribution in [1.82, 2.24) is 9.97 Å². The van der Waals surface area contributed by atoms with E-state index in [0.717, 1.165) is 83.1 Å². The predicted octanol–water partition coefficient (Wildman–Crippen LogP) is 15.1. The zero-order chi connectivity index (χ0) is 40.1. The van der Waals surface area contributed by atoms with E-state index in [0.29, 0.717) is 0 Å². The van der Waals surface area contributed by atoms with Crippen LogP contribution in [-0.4, -0.2) is 9.97 Å². The third-order valence-electron chi connectivity index (χ3n) is 12.8. The lowest BCUT2D eigenvalue weighted by molar-refractivity contribution is 0.436. The van der Waals surface area contributed by atoms with Crippen molar-refractivity contribution in [2.75, 3.05) is 0 Å². The van der Waals surface area contributed by atoms with Gasteiger partial charge in [-0.1, -0.05) is 176 Å². The van der Waals surface area contributed by atoms with Crippen LogP contribution < -0.4 is 4.74 Å². The predicted molar refractivity (Wildman–Crippen MR) is 252 cm³/mol. The van der Waals surface area contributed by atoms with Gasteiger partial charge >= 0.3 is 0 Å². The minimum atomic E-state index is -0.579. The van der Waals surface area contributed by atoms with Gasteiger partial charge in [-0.25, -0.2) is 9.97 Å². The first-order valence-corrected chi connectivity index (χ1v) is 21.5. The van der Waals surface area contributed by atoms with Crippen LogP contribution in [0.15, 0.2) is 206 Å². The highest BCUT2D eigenvalue weighted by molar-refractivity contribution is 7.26. The summed E-state index contributed by atoms with van der Waals surface area (Å²) in [5, 5.41) is 3.64. The second-order valence-electron chi connectivity index (χ2n) is 16.0. The Kier molecular flexibility index (Phi) is 7.39. The molecular formula is C57H34N2OS. The van der Waals surface area contributed by atoms with E-state index in [-0.39, 0.29) is 0 Å². The standard InChI is InChI=1S/C57H34N2OS/c1-2-15-35(16-3-1)40-20-6-7-22-42(40)56-58-53(55-54(59-56)44-23-8-13-28-51(44)61-55)39-19-14-18-37(33-39)38-29-31-43-48(34-38)57(47-32-30-36-17-4-5-21-41(36)52(43)47)45-24-9-11-26-49(45)60-50-27-12-10-25-46(50)57/h1-34H.